The Morgan fingerprint density at radius 1 is 0.957 bits per heavy atom. The molecule has 364 valence electrons. The minimum atomic E-state index is -2.80. The number of allylic oxidation sites excluding steroid dienone is 1. The number of hydrogen-bond donors (Lipinski definition) is 1. The van der Waals surface area contributed by atoms with Gasteiger partial charge in [-0.3, -0.25) is 38.5 Å². The van der Waals surface area contributed by atoms with Gasteiger partial charge in [0, 0.05) is 142 Å². The topological polar surface area (TPSA) is 158 Å². The summed E-state index contributed by atoms with van der Waals surface area (Å²) in [6.07, 6.45) is 7.80. The van der Waals surface area contributed by atoms with Crippen LogP contribution in [0.1, 0.15) is 106 Å². The number of aryl methyl sites for hydroxylation is 1. The quantitative estimate of drug-likeness (QED) is 0.163. The summed E-state index contributed by atoms with van der Waals surface area (Å²) in [7, 11) is 1.58. The van der Waals surface area contributed by atoms with Crippen molar-refractivity contribution >= 4 is 52.3 Å². The van der Waals surface area contributed by atoms with Gasteiger partial charge in [-0.05, 0) is 91.1 Å². The number of amides is 4. The second kappa shape index (κ2) is 18.2. The van der Waals surface area contributed by atoms with Crippen LogP contribution in [0.25, 0.3) is 22.0 Å². The van der Waals surface area contributed by atoms with Crippen molar-refractivity contribution in [3.8, 4) is 11.1 Å². The first-order valence-corrected chi connectivity index (χ1v) is 24.3. The summed E-state index contributed by atoms with van der Waals surface area (Å²) in [5.41, 5.74) is 8.26. The summed E-state index contributed by atoms with van der Waals surface area (Å²) in [6.45, 7) is 10.4. The molecular weight excluding hydrogens is 899 g/mol. The smallest absolute Gasteiger partial charge is 0.264 e. The van der Waals surface area contributed by atoms with Crippen molar-refractivity contribution in [2.45, 2.75) is 103 Å². The van der Waals surface area contributed by atoms with Gasteiger partial charge in [-0.15, -0.1) is 0 Å². The fraction of sp³-hybridized carbons (Fsp3) is 0.442. The highest BCUT2D eigenvalue weighted by atomic mass is 19.3. The number of ether oxygens (including phenoxy) is 1. The Hall–Kier alpha value is -6.79. The van der Waals surface area contributed by atoms with Crippen LogP contribution in [-0.4, -0.2) is 127 Å². The summed E-state index contributed by atoms with van der Waals surface area (Å²) in [4.78, 5) is 79.0. The molecule has 70 heavy (non-hydrogen) atoms. The number of carbonyl (C=O) groups excluding carboxylic acids is 5. The van der Waals surface area contributed by atoms with E-state index in [2.05, 4.69) is 31.4 Å². The van der Waals surface area contributed by atoms with Crippen LogP contribution in [0.2, 0.25) is 0 Å². The number of rotatable bonds is 10. The van der Waals surface area contributed by atoms with Gasteiger partial charge in [-0.25, -0.2) is 8.78 Å². The summed E-state index contributed by atoms with van der Waals surface area (Å²) in [5, 5.41) is 8.62. The number of fused-ring (bicyclic) bond motifs is 4. The summed E-state index contributed by atoms with van der Waals surface area (Å²) >= 11 is 0. The van der Waals surface area contributed by atoms with Gasteiger partial charge in [-0.1, -0.05) is 6.58 Å². The second-order valence-corrected chi connectivity index (χ2v) is 19.7. The first-order chi connectivity index (χ1) is 33.8. The molecule has 3 saturated heterocycles. The lowest BCUT2D eigenvalue weighted by atomic mass is 9.91. The number of hydrogen-bond acceptors (Lipinski definition) is 10. The largest absolute Gasteiger partial charge is 0.381 e. The van der Waals surface area contributed by atoms with E-state index < -0.39 is 18.4 Å². The number of carbonyl (C=O) groups is 5. The number of anilines is 2. The van der Waals surface area contributed by atoms with E-state index in [0.717, 1.165) is 53.0 Å². The van der Waals surface area contributed by atoms with E-state index in [1.54, 1.807) is 55.7 Å². The Morgan fingerprint density at radius 2 is 1.74 bits per heavy atom. The monoisotopic (exact) mass is 954 g/mol. The number of nitrogens with zero attached hydrogens (tertiary/aromatic N) is 9. The molecule has 1 unspecified atom stereocenters. The number of aromatic nitrogens is 4. The van der Waals surface area contributed by atoms with Gasteiger partial charge in [0.2, 0.25) is 17.7 Å². The van der Waals surface area contributed by atoms with Crippen LogP contribution in [0.5, 0.6) is 0 Å². The third-order valence-electron chi connectivity index (χ3n) is 15.5. The zero-order chi connectivity index (χ0) is 48.5. The average molecular weight is 955 g/mol. The molecule has 0 aliphatic carbocycles. The molecule has 0 bridgehead atoms. The molecule has 0 radical (unpaired) electrons. The summed E-state index contributed by atoms with van der Waals surface area (Å²) < 4.78 is 40.6. The van der Waals surface area contributed by atoms with Crippen LogP contribution in [0.3, 0.4) is 0 Å². The molecule has 3 aromatic heterocycles. The van der Waals surface area contributed by atoms with Crippen molar-refractivity contribution in [2.24, 2.45) is 0 Å². The highest BCUT2D eigenvalue weighted by molar-refractivity contribution is 6.04. The maximum atomic E-state index is 15.5. The van der Waals surface area contributed by atoms with E-state index in [1.807, 2.05) is 21.6 Å². The van der Waals surface area contributed by atoms with E-state index in [0.29, 0.717) is 124 Å². The lowest BCUT2D eigenvalue weighted by molar-refractivity contribution is -0.139. The number of halogens is 2. The van der Waals surface area contributed by atoms with Gasteiger partial charge in [0.05, 0.1) is 23.7 Å². The molecule has 3 fully saturated rings. The van der Waals surface area contributed by atoms with Crippen LogP contribution in [0, 0.1) is 0 Å². The van der Waals surface area contributed by atoms with Crippen LogP contribution >= 0.6 is 0 Å². The first kappa shape index (κ1) is 45.6. The molecule has 0 spiro atoms. The predicted octanol–water partition coefficient (Wildman–Crippen LogP) is 6.08. The molecular formula is C52H56F2N10O6. The van der Waals surface area contributed by atoms with Gasteiger partial charge in [-0.2, -0.15) is 5.10 Å². The van der Waals surface area contributed by atoms with Gasteiger partial charge in [0.15, 0.2) is 12.1 Å². The zero-order valence-electron chi connectivity index (χ0n) is 39.5. The third-order valence-corrected chi connectivity index (χ3v) is 15.5. The SMILES string of the molecule is C=C1CCC(N(C)C(=O)c2cc3c(cc2C=O)CN(C2CN(C(=O)Cn4cc(-c5cc6c(cc5C(F)F)N(c5nn(C7CCOCC7)c7c5CN(C(C)=O)CC7)CCC6)c5cnccc54)C2)C3)C(=O)N1. The van der Waals surface area contributed by atoms with Gasteiger partial charge in [0.25, 0.3) is 12.3 Å². The lowest BCUT2D eigenvalue weighted by Crippen LogP contribution is -2.60. The van der Waals surface area contributed by atoms with Crippen LogP contribution in [-0.2, 0) is 58.1 Å². The van der Waals surface area contributed by atoms with Crippen molar-refractivity contribution in [3.05, 3.63) is 106 Å². The van der Waals surface area contributed by atoms with E-state index in [9.17, 15) is 24.0 Å². The molecule has 2 aromatic carbocycles. The van der Waals surface area contributed by atoms with Crippen LogP contribution < -0.4 is 10.2 Å². The molecule has 6 aliphatic heterocycles. The Morgan fingerprint density at radius 3 is 2.49 bits per heavy atom. The van der Waals surface area contributed by atoms with Crippen LogP contribution in [0.15, 0.2) is 61.2 Å². The van der Waals surface area contributed by atoms with Crippen molar-refractivity contribution < 1.29 is 37.5 Å². The second-order valence-electron chi connectivity index (χ2n) is 19.7. The Kier molecular flexibility index (Phi) is 11.9. The lowest BCUT2D eigenvalue weighted by Gasteiger charge is -2.44. The average Bonchev–Trinajstić information content (AvgIpc) is 4.05. The van der Waals surface area contributed by atoms with Crippen molar-refractivity contribution in [1.82, 2.24) is 44.2 Å². The minimum Gasteiger partial charge on any atom is -0.381 e. The number of alkyl halides is 2. The van der Waals surface area contributed by atoms with Gasteiger partial charge >= 0.3 is 0 Å². The molecule has 6 aliphatic rings. The standard InChI is InChI=1S/C52H56F2N10O6/c1-30-6-7-46(51(68)56-30)58(3)52(69)38-19-34-23-60(22-33(34)17-35(38)29-65)37-24-62(25-37)48(67)28-61-26-42(41-21-55-12-8-44(41)61)39-18-32-5-4-13-63(47(32)20-40(39)49(53)54)50-43-27-59(31(2)66)14-9-45(43)64(57-50)36-10-15-70-16-11-36/h8,12,17-21,26,29,36-37,46,49H,1,4-7,9-11,13-16,22-25,27-28H2,2-3H3,(H,56,68). The highest BCUT2D eigenvalue weighted by Gasteiger charge is 2.40. The molecule has 0 saturated carbocycles. The maximum Gasteiger partial charge on any atom is 0.264 e. The maximum absolute atomic E-state index is 15.5. The fourth-order valence-electron chi connectivity index (χ4n) is 11.5. The Balaban J connectivity index is 0.816. The molecule has 18 heteroatoms. The number of pyridine rings is 1. The van der Waals surface area contributed by atoms with E-state index in [-0.39, 0.29) is 53.0 Å². The number of benzene rings is 2. The number of likely N-dealkylation sites (tertiary alicyclic amines) is 1. The molecule has 5 aromatic rings. The van der Waals surface area contributed by atoms with E-state index in [4.69, 9.17) is 9.84 Å². The molecule has 4 amide bonds. The molecule has 11 rings (SSSR count). The van der Waals surface area contributed by atoms with Gasteiger partial charge in [0.1, 0.15) is 12.6 Å². The van der Waals surface area contributed by atoms with Crippen LogP contribution in [0.4, 0.5) is 20.3 Å². The van der Waals surface area contributed by atoms with E-state index >= 15 is 8.78 Å². The Labute approximate surface area is 403 Å². The van der Waals surface area contributed by atoms with Crippen molar-refractivity contribution in [2.75, 3.05) is 51.3 Å². The number of aldehydes is 1. The third kappa shape index (κ3) is 8.03. The molecule has 16 nitrogen and oxygen atoms in total. The van der Waals surface area contributed by atoms with Gasteiger partial charge < -0.3 is 34.2 Å². The molecule has 1 N–H and O–H groups in total. The molecule has 9 heterocycles. The first-order valence-electron chi connectivity index (χ1n) is 24.3. The fourth-order valence-corrected chi connectivity index (χ4v) is 11.5. The summed E-state index contributed by atoms with van der Waals surface area (Å²) in [6, 6.07) is 8.38. The number of likely N-dealkylation sites (N-methyl/N-ethyl adjacent to an activating group) is 1. The molecule has 1 atom stereocenters. The number of piperidine rings is 1. The van der Waals surface area contributed by atoms with Crippen molar-refractivity contribution in [1.29, 1.82) is 0 Å². The highest BCUT2D eigenvalue weighted by Crippen LogP contribution is 2.45. The predicted molar refractivity (Wildman–Crippen MR) is 255 cm³/mol. The zero-order valence-corrected chi connectivity index (χ0v) is 39.5. The summed E-state index contributed by atoms with van der Waals surface area (Å²) in [5.74, 6) is -0.0896. The van der Waals surface area contributed by atoms with E-state index in [1.165, 1.54) is 4.90 Å². The number of nitrogens with one attached hydrogen (secondary N) is 1. The normalized spacial score (nSPS) is 19.8. The Bertz CT molecular complexity index is 2990. The van der Waals surface area contributed by atoms with Crippen molar-refractivity contribution in [3.63, 3.8) is 0 Å². The minimum absolute atomic E-state index is 0.00315.